The molecular weight excluding hydrogens is 508 g/mol. The van der Waals surface area contributed by atoms with E-state index in [-0.39, 0.29) is 11.4 Å². The van der Waals surface area contributed by atoms with Crippen LogP contribution in [0.25, 0.3) is 0 Å². The molecule has 1 aliphatic heterocycles. The number of amides is 1. The molecule has 0 radical (unpaired) electrons. The number of nitrogens with zero attached hydrogens (tertiary/aromatic N) is 1. The molecule has 1 aliphatic rings. The number of halogens is 1. The number of para-hydroxylation sites is 2. The Morgan fingerprint density at radius 3 is 2.30 bits per heavy atom. The summed E-state index contributed by atoms with van der Waals surface area (Å²) in [4.78, 5) is 13.7. The zero-order valence-corrected chi connectivity index (χ0v) is 21.6. The SMILES string of the molecule is Cc1ccccc1C(NC(=O)C1CN(S(=O)(=O)c2ccc(Cl)cc2)c2ccccc2O1)c1ccccc1. The summed E-state index contributed by atoms with van der Waals surface area (Å²) in [5, 5.41) is 3.54. The summed E-state index contributed by atoms with van der Waals surface area (Å²) in [7, 11) is -3.98. The quantitative estimate of drug-likeness (QED) is 0.355. The van der Waals surface area contributed by atoms with Crippen molar-refractivity contribution in [3.8, 4) is 5.75 Å². The van der Waals surface area contributed by atoms with E-state index in [9.17, 15) is 13.2 Å². The lowest BCUT2D eigenvalue weighted by molar-refractivity contribution is -0.128. The van der Waals surface area contributed by atoms with Crippen LogP contribution in [0, 0.1) is 6.92 Å². The summed E-state index contributed by atoms with van der Waals surface area (Å²) < 4.78 is 34.5. The number of rotatable bonds is 6. The fraction of sp³-hybridized carbons (Fsp3) is 0.138. The molecule has 0 aliphatic carbocycles. The minimum absolute atomic E-state index is 0.0785. The minimum Gasteiger partial charge on any atom is -0.476 e. The van der Waals surface area contributed by atoms with Crippen LogP contribution in [0.4, 0.5) is 5.69 Å². The Morgan fingerprint density at radius 2 is 1.57 bits per heavy atom. The molecule has 1 heterocycles. The molecule has 0 saturated heterocycles. The summed E-state index contributed by atoms with van der Waals surface area (Å²) >= 11 is 5.97. The van der Waals surface area contributed by atoms with Gasteiger partial charge in [-0.2, -0.15) is 0 Å². The number of ether oxygens (including phenoxy) is 1. The fourth-order valence-corrected chi connectivity index (χ4v) is 6.03. The molecule has 0 bridgehead atoms. The summed E-state index contributed by atoms with van der Waals surface area (Å²) in [6, 6.07) is 29.8. The van der Waals surface area contributed by atoms with Crippen LogP contribution in [0.1, 0.15) is 22.7 Å². The molecule has 5 rings (SSSR count). The fourth-order valence-electron chi connectivity index (χ4n) is 4.43. The van der Waals surface area contributed by atoms with Gasteiger partial charge in [0.2, 0.25) is 0 Å². The van der Waals surface area contributed by atoms with Crippen molar-refractivity contribution >= 4 is 33.2 Å². The second-order valence-electron chi connectivity index (χ2n) is 8.77. The molecule has 37 heavy (non-hydrogen) atoms. The molecule has 0 saturated carbocycles. The largest absolute Gasteiger partial charge is 0.476 e. The Bertz CT molecular complexity index is 1530. The number of hydrogen-bond acceptors (Lipinski definition) is 4. The third-order valence-electron chi connectivity index (χ3n) is 6.35. The summed E-state index contributed by atoms with van der Waals surface area (Å²) in [5.74, 6) is -0.0958. The Balaban J connectivity index is 1.49. The van der Waals surface area contributed by atoms with Crippen molar-refractivity contribution < 1.29 is 17.9 Å². The van der Waals surface area contributed by atoms with Crippen molar-refractivity contribution in [3.63, 3.8) is 0 Å². The minimum atomic E-state index is -3.98. The molecule has 0 spiro atoms. The maximum absolute atomic E-state index is 13.7. The predicted molar refractivity (Wildman–Crippen MR) is 144 cm³/mol. The van der Waals surface area contributed by atoms with Gasteiger partial charge in [0.25, 0.3) is 15.9 Å². The average Bonchev–Trinajstić information content (AvgIpc) is 2.92. The lowest BCUT2D eigenvalue weighted by Crippen LogP contribution is -2.51. The second-order valence-corrected chi connectivity index (χ2v) is 11.1. The Labute approximate surface area is 221 Å². The van der Waals surface area contributed by atoms with E-state index >= 15 is 0 Å². The maximum Gasteiger partial charge on any atom is 0.264 e. The van der Waals surface area contributed by atoms with Crippen molar-refractivity contribution in [1.29, 1.82) is 0 Å². The number of carbonyl (C=O) groups excluding carboxylic acids is 1. The van der Waals surface area contributed by atoms with E-state index in [2.05, 4.69) is 5.32 Å². The van der Waals surface area contributed by atoms with Crippen molar-refractivity contribution in [2.75, 3.05) is 10.8 Å². The first-order valence-electron chi connectivity index (χ1n) is 11.8. The zero-order chi connectivity index (χ0) is 26.0. The van der Waals surface area contributed by atoms with Gasteiger partial charge >= 0.3 is 0 Å². The van der Waals surface area contributed by atoms with E-state index in [1.54, 1.807) is 24.3 Å². The van der Waals surface area contributed by atoms with Gasteiger partial charge in [-0.1, -0.05) is 78.3 Å². The number of sulfonamides is 1. The first-order valence-corrected chi connectivity index (χ1v) is 13.6. The lowest BCUT2D eigenvalue weighted by atomic mass is 9.94. The lowest BCUT2D eigenvalue weighted by Gasteiger charge is -2.35. The standard InChI is InChI=1S/C29H25ClN2O4S/c1-20-9-5-6-12-24(20)28(21-10-3-2-4-11-21)31-29(33)27-19-32(25-13-7-8-14-26(25)36-27)37(34,35)23-17-15-22(30)16-18-23/h2-18,27-28H,19H2,1H3,(H,31,33). The number of carbonyl (C=O) groups is 1. The van der Waals surface area contributed by atoms with Crippen LogP contribution < -0.4 is 14.4 Å². The van der Waals surface area contributed by atoms with Gasteiger partial charge in [0.15, 0.2) is 6.10 Å². The topological polar surface area (TPSA) is 75.7 Å². The molecule has 0 aromatic heterocycles. The number of fused-ring (bicyclic) bond motifs is 1. The smallest absolute Gasteiger partial charge is 0.264 e. The molecule has 1 amide bonds. The van der Waals surface area contributed by atoms with Gasteiger partial charge in [0.05, 0.1) is 23.2 Å². The second kappa shape index (κ2) is 10.3. The third-order valence-corrected chi connectivity index (χ3v) is 8.39. The van der Waals surface area contributed by atoms with Gasteiger partial charge in [-0.25, -0.2) is 8.42 Å². The molecule has 4 aromatic carbocycles. The first-order chi connectivity index (χ1) is 17.8. The van der Waals surface area contributed by atoms with Crippen LogP contribution in [-0.2, 0) is 14.8 Å². The van der Waals surface area contributed by atoms with Crippen molar-refractivity contribution in [3.05, 3.63) is 125 Å². The normalized spacial score (nSPS) is 15.8. The molecule has 2 unspecified atom stereocenters. The third kappa shape index (κ3) is 5.05. The van der Waals surface area contributed by atoms with Crippen LogP contribution in [0.3, 0.4) is 0 Å². The Hall–Kier alpha value is -3.81. The molecule has 2 atom stereocenters. The van der Waals surface area contributed by atoms with Gasteiger partial charge in [-0.15, -0.1) is 0 Å². The molecule has 188 valence electrons. The van der Waals surface area contributed by atoms with Crippen LogP contribution in [-0.4, -0.2) is 27.0 Å². The van der Waals surface area contributed by atoms with E-state index in [1.807, 2.05) is 61.5 Å². The molecule has 0 fully saturated rings. The summed E-state index contributed by atoms with van der Waals surface area (Å²) in [6.07, 6.45) is -1.06. The van der Waals surface area contributed by atoms with E-state index in [4.69, 9.17) is 16.3 Å². The van der Waals surface area contributed by atoms with E-state index in [0.717, 1.165) is 16.7 Å². The monoisotopic (exact) mass is 532 g/mol. The highest BCUT2D eigenvalue weighted by atomic mass is 35.5. The molecule has 8 heteroatoms. The van der Waals surface area contributed by atoms with Gasteiger partial charge in [0, 0.05) is 5.02 Å². The van der Waals surface area contributed by atoms with Gasteiger partial charge < -0.3 is 10.1 Å². The highest BCUT2D eigenvalue weighted by Crippen LogP contribution is 2.37. The highest BCUT2D eigenvalue weighted by molar-refractivity contribution is 7.92. The van der Waals surface area contributed by atoms with Crippen molar-refractivity contribution in [1.82, 2.24) is 5.32 Å². The van der Waals surface area contributed by atoms with Crippen LogP contribution in [0.2, 0.25) is 5.02 Å². The number of hydrogen-bond donors (Lipinski definition) is 1. The summed E-state index contributed by atoms with van der Waals surface area (Å²) in [5.41, 5.74) is 3.26. The molecule has 6 nitrogen and oxygen atoms in total. The van der Waals surface area contributed by atoms with Crippen LogP contribution in [0.5, 0.6) is 5.75 Å². The predicted octanol–water partition coefficient (Wildman–Crippen LogP) is 5.51. The molecule has 4 aromatic rings. The zero-order valence-electron chi connectivity index (χ0n) is 20.0. The highest BCUT2D eigenvalue weighted by Gasteiger charge is 2.38. The van der Waals surface area contributed by atoms with E-state index < -0.39 is 28.1 Å². The maximum atomic E-state index is 13.7. The molecule has 1 N–H and O–H groups in total. The number of nitrogens with one attached hydrogen (secondary N) is 1. The van der Waals surface area contributed by atoms with Gasteiger partial charge in [0.1, 0.15) is 5.75 Å². The van der Waals surface area contributed by atoms with Gasteiger partial charge in [-0.05, 0) is 60.0 Å². The summed E-state index contributed by atoms with van der Waals surface area (Å²) in [6.45, 7) is 1.81. The Kier molecular flexibility index (Phi) is 6.91. The van der Waals surface area contributed by atoms with Crippen molar-refractivity contribution in [2.24, 2.45) is 0 Å². The number of aryl methyl sites for hydroxylation is 1. The number of anilines is 1. The first kappa shape index (κ1) is 24.9. The average molecular weight is 533 g/mol. The van der Waals surface area contributed by atoms with Crippen LogP contribution >= 0.6 is 11.6 Å². The van der Waals surface area contributed by atoms with E-state index in [0.29, 0.717) is 16.5 Å². The van der Waals surface area contributed by atoms with Crippen molar-refractivity contribution in [2.45, 2.75) is 24.0 Å². The molecular formula is C29H25ClN2O4S. The number of benzene rings is 4. The van der Waals surface area contributed by atoms with Gasteiger partial charge in [-0.3, -0.25) is 9.10 Å². The Morgan fingerprint density at radius 1 is 0.919 bits per heavy atom. The van der Waals surface area contributed by atoms with Crippen LogP contribution in [0.15, 0.2) is 108 Å². The van der Waals surface area contributed by atoms with E-state index in [1.165, 1.54) is 28.6 Å².